The van der Waals surface area contributed by atoms with Crippen LogP contribution in [0.1, 0.15) is 11.1 Å². The van der Waals surface area contributed by atoms with Crippen LogP contribution in [-0.2, 0) is 13.0 Å². The smallest absolute Gasteiger partial charge is 0.0227 e. The molecular weight excluding hydrogens is 226 g/mol. The van der Waals surface area contributed by atoms with E-state index in [9.17, 15) is 0 Å². The van der Waals surface area contributed by atoms with Crippen molar-refractivity contribution in [2.75, 3.05) is 19.4 Å². The molecule has 0 spiro atoms. The lowest BCUT2D eigenvalue weighted by atomic mass is 10.1. The van der Waals surface area contributed by atoms with E-state index in [2.05, 4.69) is 59.2 Å². The molecule has 0 bridgehead atoms. The molecule has 0 radical (unpaired) electrons. The Bertz CT molecular complexity index is 258. The van der Waals surface area contributed by atoms with Gasteiger partial charge in [0.25, 0.3) is 0 Å². The first kappa shape index (κ1) is 10.7. The van der Waals surface area contributed by atoms with Gasteiger partial charge in [-0.1, -0.05) is 40.2 Å². The molecule has 0 aliphatic rings. The summed E-state index contributed by atoms with van der Waals surface area (Å²) in [6.45, 7) is 1.02. The van der Waals surface area contributed by atoms with Crippen LogP contribution in [0.3, 0.4) is 0 Å². The molecule has 0 heterocycles. The Morgan fingerprint density at radius 2 is 1.92 bits per heavy atom. The quantitative estimate of drug-likeness (QED) is 0.734. The third-order valence-electron chi connectivity index (χ3n) is 1.87. The summed E-state index contributed by atoms with van der Waals surface area (Å²) in [5.74, 6) is 0. The van der Waals surface area contributed by atoms with E-state index in [4.69, 9.17) is 0 Å². The van der Waals surface area contributed by atoms with Crippen LogP contribution in [0.5, 0.6) is 0 Å². The van der Waals surface area contributed by atoms with E-state index < -0.39 is 0 Å². The molecule has 0 N–H and O–H groups in total. The van der Waals surface area contributed by atoms with Crippen LogP contribution in [0.25, 0.3) is 0 Å². The Balaban J connectivity index is 2.67. The normalized spacial score (nSPS) is 10.8. The fraction of sp³-hybridized carbons (Fsp3) is 0.455. The standard InChI is InChI=1S/C11H16BrN/c1-13(2)9-11-5-3-4-10(8-11)6-7-12/h3-5,8H,6-7,9H2,1-2H3. The zero-order valence-electron chi connectivity index (χ0n) is 8.26. The third kappa shape index (κ3) is 3.92. The number of hydrogen-bond donors (Lipinski definition) is 0. The number of hydrogen-bond acceptors (Lipinski definition) is 1. The van der Waals surface area contributed by atoms with Crippen molar-refractivity contribution >= 4 is 15.9 Å². The molecule has 2 heteroatoms. The second kappa shape index (κ2) is 5.40. The topological polar surface area (TPSA) is 3.24 Å². The number of alkyl halides is 1. The zero-order chi connectivity index (χ0) is 9.68. The van der Waals surface area contributed by atoms with Gasteiger partial charge in [-0.05, 0) is 31.6 Å². The molecule has 0 aliphatic carbocycles. The van der Waals surface area contributed by atoms with Crippen LogP contribution in [0, 0.1) is 0 Å². The molecule has 1 nitrogen and oxygen atoms in total. The summed E-state index contributed by atoms with van der Waals surface area (Å²) in [4.78, 5) is 2.19. The summed E-state index contributed by atoms with van der Waals surface area (Å²) in [6.07, 6.45) is 1.11. The molecule has 0 atom stereocenters. The fourth-order valence-electron chi connectivity index (χ4n) is 1.36. The molecule has 0 saturated carbocycles. The first-order valence-electron chi connectivity index (χ1n) is 4.51. The van der Waals surface area contributed by atoms with Gasteiger partial charge in [0.15, 0.2) is 0 Å². The van der Waals surface area contributed by atoms with Crippen molar-refractivity contribution in [3.63, 3.8) is 0 Å². The fourth-order valence-corrected chi connectivity index (χ4v) is 1.82. The molecular formula is C11H16BrN. The average Bonchev–Trinajstić information content (AvgIpc) is 2.04. The summed E-state index contributed by atoms with van der Waals surface area (Å²) >= 11 is 3.45. The van der Waals surface area contributed by atoms with Gasteiger partial charge >= 0.3 is 0 Å². The van der Waals surface area contributed by atoms with Gasteiger partial charge < -0.3 is 4.90 Å². The van der Waals surface area contributed by atoms with Crippen molar-refractivity contribution in [3.05, 3.63) is 35.4 Å². The summed E-state index contributed by atoms with van der Waals surface area (Å²) < 4.78 is 0. The summed E-state index contributed by atoms with van der Waals surface area (Å²) in [7, 11) is 4.19. The molecule has 0 saturated heterocycles. The molecule has 1 aromatic carbocycles. The predicted molar refractivity (Wildman–Crippen MR) is 61.3 cm³/mol. The van der Waals surface area contributed by atoms with Crippen LogP contribution in [-0.4, -0.2) is 24.3 Å². The van der Waals surface area contributed by atoms with Gasteiger partial charge in [0.2, 0.25) is 0 Å². The molecule has 0 unspecified atom stereocenters. The minimum atomic E-state index is 1.02. The Morgan fingerprint density at radius 1 is 1.23 bits per heavy atom. The Kier molecular flexibility index (Phi) is 4.46. The van der Waals surface area contributed by atoms with Crippen molar-refractivity contribution in [1.29, 1.82) is 0 Å². The van der Waals surface area contributed by atoms with Gasteiger partial charge in [0.1, 0.15) is 0 Å². The van der Waals surface area contributed by atoms with E-state index in [1.165, 1.54) is 11.1 Å². The van der Waals surface area contributed by atoms with Crippen molar-refractivity contribution in [2.45, 2.75) is 13.0 Å². The maximum absolute atomic E-state index is 3.45. The van der Waals surface area contributed by atoms with Gasteiger partial charge in [-0.2, -0.15) is 0 Å². The van der Waals surface area contributed by atoms with E-state index in [0.29, 0.717) is 0 Å². The zero-order valence-corrected chi connectivity index (χ0v) is 9.84. The number of nitrogens with zero attached hydrogens (tertiary/aromatic N) is 1. The molecule has 13 heavy (non-hydrogen) atoms. The lowest BCUT2D eigenvalue weighted by Gasteiger charge is -2.10. The highest BCUT2D eigenvalue weighted by Gasteiger charge is 1.96. The Labute approximate surface area is 88.9 Å². The number of rotatable bonds is 4. The monoisotopic (exact) mass is 241 g/mol. The Morgan fingerprint density at radius 3 is 2.54 bits per heavy atom. The van der Waals surface area contributed by atoms with Gasteiger partial charge in [0, 0.05) is 11.9 Å². The van der Waals surface area contributed by atoms with Crippen LogP contribution < -0.4 is 0 Å². The van der Waals surface area contributed by atoms with Gasteiger partial charge in [0.05, 0.1) is 0 Å². The molecule has 0 amide bonds. The third-order valence-corrected chi connectivity index (χ3v) is 2.27. The maximum atomic E-state index is 3.45. The van der Waals surface area contributed by atoms with Crippen molar-refractivity contribution in [3.8, 4) is 0 Å². The lowest BCUT2D eigenvalue weighted by Crippen LogP contribution is -2.10. The Hall–Kier alpha value is -0.340. The predicted octanol–water partition coefficient (Wildman–Crippen LogP) is 2.69. The van der Waals surface area contributed by atoms with Crippen molar-refractivity contribution in [1.82, 2.24) is 4.90 Å². The van der Waals surface area contributed by atoms with E-state index in [1.54, 1.807) is 0 Å². The highest BCUT2D eigenvalue weighted by Crippen LogP contribution is 2.08. The van der Waals surface area contributed by atoms with Crippen LogP contribution in [0.2, 0.25) is 0 Å². The summed E-state index contributed by atoms with van der Waals surface area (Å²) in [5, 5.41) is 1.04. The van der Waals surface area contributed by atoms with Crippen LogP contribution in [0.15, 0.2) is 24.3 Å². The highest BCUT2D eigenvalue weighted by atomic mass is 79.9. The molecule has 0 aromatic heterocycles. The van der Waals surface area contributed by atoms with Crippen molar-refractivity contribution in [2.24, 2.45) is 0 Å². The maximum Gasteiger partial charge on any atom is 0.0227 e. The van der Waals surface area contributed by atoms with E-state index in [0.717, 1.165) is 18.3 Å². The number of aryl methyl sites for hydroxylation is 1. The molecule has 72 valence electrons. The van der Waals surface area contributed by atoms with Gasteiger partial charge in [-0.25, -0.2) is 0 Å². The molecule has 0 fully saturated rings. The molecule has 1 aromatic rings. The van der Waals surface area contributed by atoms with Gasteiger partial charge in [-0.3, -0.25) is 0 Å². The number of halogens is 1. The van der Waals surface area contributed by atoms with E-state index >= 15 is 0 Å². The first-order valence-corrected chi connectivity index (χ1v) is 5.63. The minimum absolute atomic E-state index is 1.02. The lowest BCUT2D eigenvalue weighted by molar-refractivity contribution is 0.402. The van der Waals surface area contributed by atoms with Crippen LogP contribution >= 0.6 is 15.9 Å². The van der Waals surface area contributed by atoms with Crippen molar-refractivity contribution < 1.29 is 0 Å². The highest BCUT2D eigenvalue weighted by molar-refractivity contribution is 9.09. The average molecular weight is 242 g/mol. The van der Waals surface area contributed by atoms with E-state index in [1.807, 2.05) is 0 Å². The van der Waals surface area contributed by atoms with E-state index in [-0.39, 0.29) is 0 Å². The van der Waals surface area contributed by atoms with Gasteiger partial charge in [-0.15, -0.1) is 0 Å². The largest absolute Gasteiger partial charge is 0.305 e. The number of benzene rings is 1. The first-order chi connectivity index (χ1) is 6.22. The molecule has 0 aliphatic heterocycles. The molecule has 1 rings (SSSR count). The summed E-state index contributed by atoms with van der Waals surface area (Å²) in [5.41, 5.74) is 2.81. The second-order valence-corrected chi connectivity index (χ2v) is 4.29. The van der Waals surface area contributed by atoms with Crippen LogP contribution in [0.4, 0.5) is 0 Å². The minimum Gasteiger partial charge on any atom is -0.305 e. The summed E-state index contributed by atoms with van der Waals surface area (Å²) in [6, 6.07) is 8.77. The SMILES string of the molecule is CN(C)Cc1cccc(CCBr)c1. The second-order valence-electron chi connectivity index (χ2n) is 3.50.